The van der Waals surface area contributed by atoms with E-state index in [-0.39, 0.29) is 17.6 Å². The van der Waals surface area contributed by atoms with E-state index in [4.69, 9.17) is 16.6 Å². The van der Waals surface area contributed by atoms with Crippen molar-refractivity contribution in [3.8, 4) is 10.7 Å². The number of β-amino-alcohol motifs (C(OH)–C–C–N with tert-alkyl or cyclic N) is 1. The molecule has 30 heavy (non-hydrogen) atoms. The summed E-state index contributed by atoms with van der Waals surface area (Å²) in [4.78, 5) is 25.4. The number of fused-ring (bicyclic) bond motifs is 1. The van der Waals surface area contributed by atoms with Gasteiger partial charge in [0.2, 0.25) is 0 Å². The Balaban J connectivity index is 1.43. The molecular formula is C19H21ClN6O3S. The van der Waals surface area contributed by atoms with E-state index in [1.54, 1.807) is 18.3 Å². The third-order valence-corrected chi connectivity index (χ3v) is 6.23. The molecule has 0 spiro atoms. The quantitative estimate of drug-likeness (QED) is 0.455. The predicted molar refractivity (Wildman–Crippen MR) is 114 cm³/mol. The zero-order valence-electron chi connectivity index (χ0n) is 16.6. The van der Waals surface area contributed by atoms with Crippen molar-refractivity contribution in [2.24, 2.45) is 0 Å². The molecular weight excluding hydrogens is 428 g/mol. The van der Waals surface area contributed by atoms with E-state index >= 15 is 0 Å². The number of aliphatic hydroxyl groups is 1. The summed E-state index contributed by atoms with van der Waals surface area (Å²) < 4.78 is 1.40. The van der Waals surface area contributed by atoms with Crippen LogP contribution in [0.25, 0.3) is 10.7 Å². The van der Waals surface area contributed by atoms with Gasteiger partial charge in [0.25, 0.3) is 0 Å². The lowest BCUT2D eigenvalue weighted by atomic mass is 10.0. The number of thiazole rings is 1. The van der Waals surface area contributed by atoms with Crippen LogP contribution in [-0.4, -0.2) is 53.1 Å². The Labute approximate surface area is 182 Å². The summed E-state index contributed by atoms with van der Waals surface area (Å²) in [5.74, 6) is -0.333. The highest BCUT2D eigenvalue weighted by Crippen LogP contribution is 2.27. The molecule has 0 saturated carbocycles. The molecule has 1 unspecified atom stereocenters. The summed E-state index contributed by atoms with van der Waals surface area (Å²) in [6.45, 7) is 5.59. The topological polar surface area (TPSA) is 110 Å². The van der Waals surface area contributed by atoms with Crippen molar-refractivity contribution >= 4 is 28.8 Å². The van der Waals surface area contributed by atoms with E-state index in [1.165, 1.54) is 10.8 Å². The lowest BCUT2D eigenvalue weighted by molar-refractivity contribution is -0.389. The number of pyridine rings is 1. The fourth-order valence-corrected chi connectivity index (χ4v) is 4.64. The Kier molecular flexibility index (Phi) is 5.58. The third kappa shape index (κ3) is 4.51. The van der Waals surface area contributed by atoms with Gasteiger partial charge >= 0.3 is 11.1 Å². The summed E-state index contributed by atoms with van der Waals surface area (Å²) in [5, 5.41) is 24.7. The van der Waals surface area contributed by atoms with Crippen LogP contribution in [0.3, 0.4) is 0 Å². The molecule has 1 N–H and O–H groups in total. The molecule has 0 aromatic carbocycles. The first-order valence-corrected chi connectivity index (χ1v) is 10.7. The molecule has 0 amide bonds. The first-order valence-electron chi connectivity index (χ1n) is 9.43. The lowest BCUT2D eigenvalue weighted by Gasteiger charge is -2.34. The van der Waals surface area contributed by atoms with Gasteiger partial charge in [-0.15, -0.1) is 11.3 Å². The number of hydrogen-bond donors (Lipinski definition) is 1. The second-order valence-electron chi connectivity index (χ2n) is 7.81. The van der Waals surface area contributed by atoms with Crippen LogP contribution in [0.15, 0.2) is 23.7 Å². The number of nitro groups is 1. The van der Waals surface area contributed by atoms with Crippen molar-refractivity contribution in [1.29, 1.82) is 0 Å². The third-order valence-electron chi connectivity index (χ3n) is 4.94. The number of aryl methyl sites for hydroxylation is 1. The molecule has 3 aromatic heterocycles. The zero-order valence-corrected chi connectivity index (χ0v) is 18.2. The molecule has 0 fully saturated rings. The molecule has 9 nitrogen and oxygen atoms in total. The smallest absolute Gasteiger partial charge is 0.383 e. The zero-order chi connectivity index (χ0) is 21.5. The second-order valence-corrected chi connectivity index (χ2v) is 9.00. The van der Waals surface area contributed by atoms with Gasteiger partial charge in [-0.2, -0.15) is 0 Å². The minimum atomic E-state index is -1.14. The average Bonchev–Trinajstić information content (AvgIpc) is 3.27. The minimum absolute atomic E-state index is 0.0138. The molecule has 0 aliphatic carbocycles. The number of rotatable bonds is 6. The van der Waals surface area contributed by atoms with E-state index in [1.807, 2.05) is 18.4 Å². The Morgan fingerprint density at radius 3 is 2.80 bits per heavy atom. The van der Waals surface area contributed by atoms with Crippen LogP contribution in [0.4, 0.5) is 5.82 Å². The number of halogens is 1. The van der Waals surface area contributed by atoms with E-state index in [0.29, 0.717) is 13.1 Å². The average molecular weight is 449 g/mol. The maximum atomic E-state index is 10.9. The van der Waals surface area contributed by atoms with Crippen molar-refractivity contribution in [3.05, 3.63) is 56.1 Å². The molecule has 1 atom stereocenters. The molecule has 0 bridgehead atoms. The standard InChI is InChI=1S/C19H21ClN6O3S/c1-12-9-30-17(21-12)15-4-3-13-7-24(6-5-14(13)22-15)10-19(2,27)11-25-8-16(26(28)29)23-18(25)20/h3-4,8-9,27H,5-7,10-11H2,1-2H3. The van der Waals surface area contributed by atoms with Crippen molar-refractivity contribution in [1.82, 2.24) is 24.4 Å². The van der Waals surface area contributed by atoms with Crippen LogP contribution in [0.5, 0.6) is 0 Å². The summed E-state index contributed by atoms with van der Waals surface area (Å²) in [5.41, 5.74) is 2.94. The molecule has 0 saturated heterocycles. The molecule has 11 heteroatoms. The highest BCUT2D eigenvalue weighted by molar-refractivity contribution is 7.13. The summed E-state index contributed by atoms with van der Waals surface area (Å²) in [6.07, 6.45) is 2.02. The predicted octanol–water partition coefficient (Wildman–Crippen LogP) is 3.08. The Bertz CT molecular complexity index is 1100. The number of hydrogen-bond acceptors (Lipinski definition) is 8. The van der Waals surface area contributed by atoms with Gasteiger partial charge in [0, 0.05) is 42.8 Å². The molecule has 1 aliphatic heterocycles. The molecule has 158 valence electrons. The number of nitrogens with zero attached hydrogens (tertiary/aromatic N) is 6. The maximum Gasteiger partial charge on any atom is 0.383 e. The van der Waals surface area contributed by atoms with Gasteiger partial charge in [0.05, 0.1) is 17.8 Å². The Hall–Kier alpha value is -2.40. The number of aromatic nitrogens is 4. The molecule has 4 rings (SSSR count). The minimum Gasteiger partial charge on any atom is -0.387 e. The van der Waals surface area contributed by atoms with Crippen LogP contribution in [0.2, 0.25) is 5.28 Å². The lowest BCUT2D eigenvalue weighted by Crippen LogP contribution is -2.45. The molecule has 3 aromatic rings. The van der Waals surface area contributed by atoms with Gasteiger partial charge < -0.3 is 15.2 Å². The van der Waals surface area contributed by atoms with Gasteiger partial charge in [0.15, 0.2) is 0 Å². The molecule has 1 aliphatic rings. The fourth-order valence-electron chi connectivity index (χ4n) is 3.68. The van der Waals surface area contributed by atoms with Gasteiger partial charge in [-0.05, 0) is 47.0 Å². The highest BCUT2D eigenvalue weighted by Gasteiger charge is 2.30. The van der Waals surface area contributed by atoms with E-state index in [9.17, 15) is 15.2 Å². The first-order chi connectivity index (χ1) is 14.2. The van der Waals surface area contributed by atoms with Gasteiger partial charge in [0.1, 0.15) is 11.2 Å². The fraction of sp³-hybridized carbons (Fsp3) is 0.421. The Morgan fingerprint density at radius 2 is 2.13 bits per heavy atom. The van der Waals surface area contributed by atoms with Crippen molar-refractivity contribution < 1.29 is 10.0 Å². The van der Waals surface area contributed by atoms with Crippen LogP contribution in [-0.2, 0) is 19.5 Å². The van der Waals surface area contributed by atoms with Crippen LogP contribution in [0.1, 0.15) is 23.9 Å². The van der Waals surface area contributed by atoms with E-state index in [2.05, 4.69) is 20.9 Å². The SMILES string of the molecule is Cc1csc(-c2ccc3c(n2)CCN(CC(C)(O)Cn2cc([N+](=O)[O-])nc2Cl)C3)n1. The molecule has 4 heterocycles. The first kappa shape index (κ1) is 20.9. The van der Waals surface area contributed by atoms with E-state index in [0.717, 1.165) is 40.6 Å². The van der Waals surface area contributed by atoms with Crippen LogP contribution in [0, 0.1) is 17.0 Å². The monoisotopic (exact) mass is 448 g/mol. The summed E-state index contributed by atoms with van der Waals surface area (Å²) in [7, 11) is 0. The van der Waals surface area contributed by atoms with Crippen molar-refractivity contribution in [3.63, 3.8) is 0 Å². The summed E-state index contributed by atoms with van der Waals surface area (Å²) in [6, 6.07) is 4.06. The largest absolute Gasteiger partial charge is 0.387 e. The van der Waals surface area contributed by atoms with Crippen LogP contribution >= 0.6 is 22.9 Å². The maximum absolute atomic E-state index is 10.9. The highest BCUT2D eigenvalue weighted by atomic mass is 35.5. The number of imidazole rings is 1. The van der Waals surface area contributed by atoms with Gasteiger partial charge in [-0.25, -0.2) is 9.97 Å². The Morgan fingerprint density at radius 1 is 1.33 bits per heavy atom. The van der Waals surface area contributed by atoms with Crippen molar-refractivity contribution in [2.45, 2.75) is 39.0 Å². The van der Waals surface area contributed by atoms with E-state index < -0.39 is 10.5 Å². The second kappa shape index (κ2) is 8.03. The van der Waals surface area contributed by atoms with Crippen molar-refractivity contribution in [2.75, 3.05) is 13.1 Å². The molecule has 0 radical (unpaired) electrons. The normalized spacial score (nSPS) is 16.3. The summed E-state index contributed by atoms with van der Waals surface area (Å²) >= 11 is 7.57. The van der Waals surface area contributed by atoms with Gasteiger partial charge in [-0.3, -0.25) is 9.47 Å². The van der Waals surface area contributed by atoms with Crippen LogP contribution < -0.4 is 0 Å². The van der Waals surface area contributed by atoms with Gasteiger partial charge in [-0.1, -0.05) is 6.07 Å².